The van der Waals surface area contributed by atoms with Crippen molar-refractivity contribution in [2.24, 2.45) is 4.99 Å². The van der Waals surface area contributed by atoms with Crippen LogP contribution >= 0.6 is 11.6 Å². The van der Waals surface area contributed by atoms with Crippen LogP contribution in [0.3, 0.4) is 0 Å². The highest BCUT2D eigenvalue weighted by Gasteiger charge is 2.40. The Morgan fingerprint density at radius 2 is 1.96 bits per heavy atom. The summed E-state index contributed by atoms with van der Waals surface area (Å²) in [7, 11) is 0. The lowest BCUT2D eigenvalue weighted by molar-refractivity contribution is 0.0257. The molecule has 1 unspecified atom stereocenters. The molecular weight excluding hydrogens is 377 g/mol. The van der Waals surface area contributed by atoms with E-state index in [9.17, 15) is 13.2 Å². The summed E-state index contributed by atoms with van der Waals surface area (Å²) in [5.74, 6) is -2.87. The molecule has 0 bridgehead atoms. The van der Waals surface area contributed by atoms with E-state index in [1.54, 1.807) is 47.7 Å². The maximum Gasteiger partial charge on any atom is 0.266 e. The van der Waals surface area contributed by atoms with E-state index in [0.29, 0.717) is 22.6 Å². The number of allylic oxidation sites excluding steroid dienone is 1. The van der Waals surface area contributed by atoms with Gasteiger partial charge in [-0.15, -0.1) is 0 Å². The Balaban J connectivity index is 1.90. The Morgan fingerprint density at radius 1 is 1.15 bits per heavy atom. The topological polar surface area (TPSA) is 31.7 Å². The molecule has 1 aromatic carbocycles. The van der Waals surface area contributed by atoms with E-state index in [4.69, 9.17) is 11.6 Å². The van der Waals surface area contributed by atoms with Gasteiger partial charge in [0, 0.05) is 42.7 Å². The molecule has 1 fully saturated rings. The molecule has 0 radical (unpaired) electrons. The number of anilines is 2. The minimum absolute atomic E-state index is 0.154. The van der Waals surface area contributed by atoms with Gasteiger partial charge in [0.1, 0.15) is 5.82 Å². The third-order valence-corrected chi connectivity index (χ3v) is 4.89. The number of pyridine rings is 1. The lowest BCUT2D eigenvalue weighted by atomic mass is 10.0. The quantitative estimate of drug-likeness (QED) is 0.562. The lowest BCUT2D eigenvalue weighted by Crippen LogP contribution is -2.31. The fourth-order valence-electron chi connectivity index (χ4n) is 3.32. The Bertz CT molecular complexity index is 916. The average molecular weight is 393 g/mol. The zero-order valence-electron chi connectivity index (χ0n) is 14.2. The summed E-state index contributed by atoms with van der Waals surface area (Å²) in [6, 6.07) is 7.95. The zero-order valence-corrected chi connectivity index (χ0v) is 15.0. The van der Waals surface area contributed by atoms with Gasteiger partial charge in [-0.1, -0.05) is 29.8 Å². The van der Waals surface area contributed by atoms with Crippen molar-refractivity contribution in [1.29, 1.82) is 0 Å². The molecule has 0 spiro atoms. The van der Waals surface area contributed by atoms with Crippen molar-refractivity contribution in [3.8, 4) is 11.1 Å². The predicted octanol–water partition coefficient (Wildman–Crippen LogP) is 4.66. The Kier molecular flexibility index (Phi) is 4.55. The molecule has 2 aliphatic rings. The van der Waals surface area contributed by atoms with Crippen LogP contribution in [0.25, 0.3) is 11.1 Å². The molecule has 0 N–H and O–H groups in total. The molecule has 3 heterocycles. The fourth-order valence-corrected chi connectivity index (χ4v) is 3.55. The van der Waals surface area contributed by atoms with Gasteiger partial charge in [0.2, 0.25) is 5.62 Å². The number of hydrogen-bond donors (Lipinski definition) is 0. The molecule has 0 saturated carbocycles. The Hall–Kier alpha value is -2.54. The van der Waals surface area contributed by atoms with Gasteiger partial charge in [0.25, 0.3) is 5.92 Å². The molecular formula is C19H16ClF3N4. The van der Waals surface area contributed by atoms with Crippen LogP contribution in [0.15, 0.2) is 53.8 Å². The molecule has 1 aromatic heterocycles. The van der Waals surface area contributed by atoms with Gasteiger partial charge in [0.05, 0.1) is 12.2 Å². The van der Waals surface area contributed by atoms with E-state index in [1.165, 1.54) is 17.2 Å². The summed E-state index contributed by atoms with van der Waals surface area (Å²) in [5, 5.41) is 0. The van der Waals surface area contributed by atoms with E-state index in [1.807, 2.05) is 0 Å². The second kappa shape index (κ2) is 6.88. The maximum atomic E-state index is 14.5. The van der Waals surface area contributed by atoms with Gasteiger partial charge in [-0.25, -0.2) is 18.2 Å². The minimum atomic E-state index is -2.79. The van der Waals surface area contributed by atoms with E-state index in [2.05, 4.69) is 9.98 Å². The first-order valence-corrected chi connectivity index (χ1v) is 8.89. The summed E-state index contributed by atoms with van der Waals surface area (Å²) >= 11 is 6.34. The van der Waals surface area contributed by atoms with Crippen LogP contribution < -0.4 is 9.80 Å². The molecule has 2 aromatic rings. The number of nitrogens with zero attached hydrogens (tertiary/aromatic N) is 4. The van der Waals surface area contributed by atoms with Crippen LogP contribution in [-0.4, -0.2) is 35.8 Å². The average Bonchev–Trinajstić information content (AvgIpc) is 3.02. The number of aliphatic imine (C=N–C) groups is 1. The molecule has 1 saturated heterocycles. The van der Waals surface area contributed by atoms with E-state index < -0.39 is 23.9 Å². The number of halogens is 4. The molecule has 0 aliphatic carbocycles. The predicted molar refractivity (Wildman–Crippen MR) is 101 cm³/mol. The minimum Gasteiger partial charge on any atom is -0.349 e. The summed E-state index contributed by atoms with van der Waals surface area (Å²) in [6.45, 7) is -0.289. The molecule has 27 heavy (non-hydrogen) atoms. The van der Waals surface area contributed by atoms with Crippen molar-refractivity contribution in [3.63, 3.8) is 0 Å². The number of hydrogen-bond acceptors (Lipinski definition) is 4. The normalized spacial score (nSPS) is 21.1. The first-order chi connectivity index (χ1) is 13.0. The summed E-state index contributed by atoms with van der Waals surface area (Å²) in [5.41, 5.74) is 0.523. The summed E-state index contributed by atoms with van der Waals surface area (Å²) in [6.07, 6.45) is 6.16. The van der Waals surface area contributed by atoms with Crippen molar-refractivity contribution >= 4 is 29.3 Å². The van der Waals surface area contributed by atoms with Crippen molar-refractivity contribution in [2.75, 3.05) is 22.9 Å². The summed E-state index contributed by atoms with van der Waals surface area (Å²) < 4.78 is 42.1. The van der Waals surface area contributed by atoms with Crippen molar-refractivity contribution in [1.82, 2.24) is 4.98 Å². The lowest BCUT2D eigenvalue weighted by Gasteiger charge is -2.31. The largest absolute Gasteiger partial charge is 0.349 e. The van der Waals surface area contributed by atoms with E-state index >= 15 is 0 Å². The van der Waals surface area contributed by atoms with Crippen molar-refractivity contribution in [2.45, 2.75) is 18.0 Å². The monoisotopic (exact) mass is 392 g/mol. The fraction of sp³-hybridized carbons (Fsp3) is 0.263. The number of benzene rings is 1. The highest BCUT2D eigenvalue weighted by atomic mass is 35.5. The van der Waals surface area contributed by atoms with Crippen LogP contribution in [0.1, 0.15) is 6.42 Å². The van der Waals surface area contributed by atoms with Crippen LogP contribution in [0.5, 0.6) is 0 Å². The van der Waals surface area contributed by atoms with Crippen LogP contribution in [-0.2, 0) is 0 Å². The molecule has 8 heteroatoms. The molecule has 2 aliphatic heterocycles. The van der Waals surface area contributed by atoms with Gasteiger partial charge in [0.15, 0.2) is 5.82 Å². The third-order valence-electron chi connectivity index (χ3n) is 4.57. The molecule has 140 valence electrons. The number of alkyl halides is 3. The highest BCUT2D eigenvalue weighted by molar-refractivity contribution is 6.23. The Labute approximate surface area is 159 Å². The maximum absolute atomic E-state index is 14.5. The molecule has 1 atom stereocenters. The smallest absolute Gasteiger partial charge is 0.266 e. The standard InChI is InChI=1S/C19H16ClF3N4/c20-18-25-8-3-10-27(18)16-14(13-4-1-2-5-15(13)21)6-9-24-17(16)26-11-7-19(22,23)12-26/h1-6,8-10,18H,7,11-12H2. The van der Waals surface area contributed by atoms with E-state index in [-0.39, 0.29) is 13.0 Å². The van der Waals surface area contributed by atoms with Crippen molar-refractivity contribution < 1.29 is 13.2 Å². The molecule has 4 rings (SSSR count). The zero-order chi connectivity index (χ0) is 19.0. The number of rotatable bonds is 3. The van der Waals surface area contributed by atoms with Gasteiger partial charge < -0.3 is 9.80 Å². The summed E-state index contributed by atoms with van der Waals surface area (Å²) in [4.78, 5) is 11.6. The third kappa shape index (κ3) is 3.39. The molecule has 0 amide bonds. The Morgan fingerprint density at radius 3 is 2.67 bits per heavy atom. The van der Waals surface area contributed by atoms with Crippen LogP contribution in [0.2, 0.25) is 0 Å². The van der Waals surface area contributed by atoms with E-state index in [0.717, 1.165) is 0 Å². The second-order valence-electron chi connectivity index (χ2n) is 6.40. The SMILES string of the molecule is Fc1ccccc1-c1ccnc(N2CCC(F)(F)C2)c1N1C=CC=NC1Cl. The molecule has 4 nitrogen and oxygen atoms in total. The first kappa shape index (κ1) is 17.9. The van der Waals surface area contributed by atoms with Gasteiger partial charge in [-0.05, 0) is 18.2 Å². The van der Waals surface area contributed by atoms with Crippen molar-refractivity contribution in [3.05, 3.63) is 54.6 Å². The number of aromatic nitrogens is 1. The van der Waals surface area contributed by atoms with Gasteiger partial charge >= 0.3 is 0 Å². The second-order valence-corrected chi connectivity index (χ2v) is 6.79. The van der Waals surface area contributed by atoms with Gasteiger partial charge in [-0.3, -0.25) is 4.99 Å². The van der Waals surface area contributed by atoms with Crippen LogP contribution in [0, 0.1) is 5.82 Å². The van der Waals surface area contributed by atoms with Gasteiger partial charge in [-0.2, -0.15) is 0 Å². The highest BCUT2D eigenvalue weighted by Crippen LogP contribution is 2.43. The first-order valence-electron chi connectivity index (χ1n) is 8.45. The van der Waals surface area contributed by atoms with Crippen LogP contribution in [0.4, 0.5) is 24.7 Å².